The second-order valence-electron chi connectivity index (χ2n) is 5.89. The van der Waals surface area contributed by atoms with Crippen molar-refractivity contribution < 1.29 is 4.39 Å². The summed E-state index contributed by atoms with van der Waals surface area (Å²) in [6, 6.07) is 6.67. The largest absolute Gasteiger partial charge is 0.317 e. The van der Waals surface area contributed by atoms with Gasteiger partial charge in [0.15, 0.2) is 0 Å². The summed E-state index contributed by atoms with van der Waals surface area (Å²) in [5.41, 5.74) is 1.30. The molecule has 0 radical (unpaired) electrons. The highest BCUT2D eigenvalue weighted by molar-refractivity contribution is 5.33. The number of nitriles is 1. The van der Waals surface area contributed by atoms with Gasteiger partial charge in [-0.1, -0.05) is 6.92 Å². The van der Waals surface area contributed by atoms with Crippen molar-refractivity contribution in [1.29, 1.82) is 5.26 Å². The zero-order chi connectivity index (χ0) is 15.1. The number of halogens is 1. The summed E-state index contributed by atoms with van der Waals surface area (Å²) in [6.07, 6.45) is 3.52. The maximum Gasteiger partial charge on any atom is 0.124 e. The smallest absolute Gasteiger partial charge is 0.124 e. The minimum absolute atomic E-state index is 0.317. The Morgan fingerprint density at radius 1 is 1.33 bits per heavy atom. The maximum absolute atomic E-state index is 13.5. The van der Waals surface area contributed by atoms with Crippen LogP contribution in [0.3, 0.4) is 0 Å². The van der Waals surface area contributed by atoms with Crippen LogP contribution in [0.4, 0.5) is 4.39 Å². The van der Waals surface area contributed by atoms with Crippen LogP contribution >= 0.6 is 0 Å². The van der Waals surface area contributed by atoms with Crippen LogP contribution in [-0.2, 0) is 6.54 Å². The van der Waals surface area contributed by atoms with Crippen molar-refractivity contribution >= 4 is 0 Å². The number of nitrogens with zero attached hydrogens (tertiary/aromatic N) is 2. The van der Waals surface area contributed by atoms with E-state index in [1.165, 1.54) is 18.9 Å². The summed E-state index contributed by atoms with van der Waals surface area (Å²) < 4.78 is 13.5. The summed E-state index contributed by atoms with van der Waals surface area (Å²) >= 11 is 0. The molecule has 1 aliphatic rings. The fourth-order valence-corrected chi connectivity index (χ4v) is 3.04. The van der Waals surface area contributed by atoms with Crippen molar-refractivity contribution in [2.24, 2.45) is 5.92 Å². The van der Waals surface area contributed by atoms with Gasteiger partial charge in [-0.3, -0.25) is 4.90 Å². The Hall–Kier alpha value is -1.44. The summed E-state index contributed by atoms with van der Waals surface area (Å²) in [6.45, 7) is 7.18. The zero-order valence-corrected chi connectivity index (χ0v) is 12.7. The van der Waals surface area contributed by atoms with Gasteiger partial charge in [0.25, 0.3) is 0 Å². The minimum Gasteiger partial charge on any atom is -0.317 e. The highest BCUT2D eigenvalue weighted by Crippen LogP contribution is 2.17. The average Bonchev–Trinajstić information content (AvgIpc) is 2.48. The van der Waals surface area contributed by atoms with Gasteiger partial charge >= 0.3 is 0 Å². The van der Waals surface area contributed by atoms with Gasteiger partial charge in [-0.25, -0.2) is 4.39 Å². The second-order valence-corrected chi connectivity index (χ2v) is 5.89. The van der Waals surface area contributed by atoms with Crippen LogP contribution in [0.15, 0.2) is 18.2 Å². The molecule has 0 saturated carbocycles. The van der Waals surface area contributed by atoms with Crippen LogP contribution in [0.25, 0.3) is 0 Å². The lowest BCUT2D eigenvalue weighted by Gasteiger charge is -2.30. The molecule has 0 aliphatic carbocycles. The van der Waals surface area contributed by atoms with E-state index >= 15 is 0 Å². The van der Waals surface area contributed by atoms with Crippen LogP contribution in [0.1, 0.15) is 37.3 Å². The Morgan fingerprint density at radius 2 is 2.10 bits per heavy atom. The van der Waals surface area contributed by atoms with Crippen LogP contribution in [0.5, 0.6) is 0 Å². The first-order valence-corrected chi connectivity index (χ1v) is 7.84. The summed E-state index contributed by atoms with van der Waals surface area (Å²) in [7, 11) is 0. The van der Waals surface area contributed by atoms with Gasteiger partial charge in [0, 0.05) is 13.1 Å². The lowest BCUT2D eigenvalue weighted by atomic mass is 9.97. The van der Waals surface area contributed by atoms with E-state index in [0.29, 0.717) is 5.56 Å². The quantitative estimate of drug-likeness (QED) is 0.875. The van der Waals surface area contributed by atoms with E-state index in [4.69, 9.17) is 5.26 Å². The fourth-order valence-electron chi connectivity index (χ4n) is 3.04. The van der Waals surface area contributed by atoms with Crippen molar-refractivity contribution in [2.45, 2.75) is 32.7 Å². The molecule has 1 aliphatic heterocycles. The van der Waals surface area contributed by atoms with Crippen molar-refractivity contribution in [3.8, 4) is 6.07 Å². The number of benzene rings is 1. The van der Waals surface area contributed by atoms with Crippen molar-refractivity contribution in [3.05, 3.63) is 35.1 Å². The number of rotatable bonds is 6. The third-order valence-electron chi connectivity index (χ3n) is 4.01. The van der Waals surface area contributed by atoms with E-state index in [1.54, 1.807) is 12.1 Å². The molecule has 0 atom stereocenters. The molecule has 3 nitrogen and oxygen atoms in total. The topological polar surface area (TPSA) is 39.1 Å². The average molecular weight is 289 g/mol. The van der Waals surface area contributed by atoms with E-state index < -0.39 is 0 Å². The molecule has 1 fully saturated rings. The predicted molar refractivity (Wildman–Crippen MR) is 82.3 cm³/mol. The van der Waals surface area contributed by atoms with Gasteiger partial charge in [0.05, 0.1) is 11.6 Å². The summed E-state index contributed by atoms with van der Waals surface area (Å²) in [5.74, 6) is 0.407. The van der Waals surface area contributed by atoms with E-state index in [2.05, 4.69) is 17.1 Å². The minimum atomic E-state index is -0.317. The van der Waals surface area contributed by atoms with E-state index in [9.17, 15) is 4.39 Å². The molecule has 1 heterocycles. The van der Waals surface area contributed by atoms with E-state index in [1.807, 2.05) is 6.07 Å². The standard InChI is InChI=1S/C17H24FN3/c1-2-7-21(12-14-3-5-20-6-4-14)13-16-8-15(11-19)9-17(18)10-16/h8-10,14,20H,2-7,12-13H2,1H3. The number of nitrogens with one attached hydrogen (secondary N) is 1. The molecule has 0 spiro atoms. The van der Waals surface area contributed by atoms with Gasteiger partial charge in [-0.05, 0) is 68.6 Å². The molecule has 1 N–H and O–H groups in total. The van der Waals surface area contributed by atoms with Gasteiger partial charge in [0.1, 0.15) is 5.82 Å². The molecular formula is C17H24FN3. The lowest BCUT2D eigenvalue weighted by molar-refractivity contribution is 0.198. The fraction of sp³-hybridized carbons (Fsp3) is 0.588. The van der Waals surface area contributed by atoms with Crippen LogP contribution in [0, 0.1) is 23.1 Å². The van der Waals surface area contributed by atoms with E-state index in [0.717, 1.165) is 50.6 Å². The summed E-state index contributed by atoms with van der Waals surface area (Å²) in [4.78, 5) is 2.39. The first-order chi connectivity index (χ1) is 10.2. The van der Waals surface area contributed by atoms with Gasteiger partial charge in [-0.2, -0.15) is 5.26 Å². The van der Waals surface area contributed by atoms with E-state index in [-0.39, 0.29) is 5.82 Å². The molecule has 1 saturated heterocycles. The maximum atomic E-state index is 13.5. The van der Waals surface area contributed by atoms with Crippen LogP contribution in [0.2, 0.25) is 0 Å². The van der Waals surface area contributed by atoms with Gasteiger partial charge < -0.3 is 5.32 Å². The van der Waals surface area contributed by atoms with Crippen LogP contribution in [-0.4, -0.2) is 31.1 Å². The molecule has 21 heavy (non-hydrogen) atoms. The molecule has 1 aromatic rings. The third kappa shape index (κ3) is 5.11. The van der Waals surface area contributed by atoms with Crippen molar-refractivity contribution in [3.63, 3.8) is 0 Å². The molecule has 1 aromatic carbocycles. The monoisotopic (exact) mass is 289 g/mol. The van der Waals surface area contributed by atoms with Crippen molar-refractivity contribution in [2.75, 3.05) is 26.2 Å². The second kappa shape index (κ2) is 8.11. The molecule has 4 heteroatoms. The molecule has 114 valence electrons. The Labute approximate surface area is 126 Å². The molecule has 0 aromatic heterocycles. The normalized spacial score (nSPS) is 16.1. The molecule has 0 bridgehead atoms. The molecule has 0 unspecified atom stereocenters. The number of piperidine rings is 1. The molecular weight excluding hydrogens is 265 g/mol. The highest BCUT2D eigenvalue weighted by atomic mass is 19.1. The molecule has 2 rings (SSSR count). The number of hydrogen-bond acceptors (Lipinski definition) is 3. The highest BCUT2D eigenvalue weighted by Gasteiger charge is 2.17. The Morgan fingerprint density at radius 3 is 2.76 bits per heavy atom. The Kier molecular flexibility index (Phi) is 6.16. The lowest BCUT2D eigenvalue weighted by Crippen LogP contribution is -2.36. The Bertz CT molecular complexity index is 489. The first-order valence-electron chi connectivity index (χ1n) is 7.84. The van der Waals surface area contributed by atoms with Gasteiger partial charge in [0.2, 0.25) is 0 Å². The molecule has 0 amide bonds. The first kappa shape index (κ1) is 15.9. The van der Waals surface area contributed by atoms with Gasteiger partial charge in [-0.15, -0.1) is 0 Å². The summed E-state index contributed by atoms with van der Waals surface area (Å²) in [5, 5.41) is 12.3. The van der Waals surface area contributed by atoms with Crippen LogP contribution < -0.4 is 5.32 Å². The number of hydrogen-bond donors (Lipinski definition) is 1. The SMILES string of the molecule is CCCN(Cc1cc(F)cc(C#N)c1)CC1CCNCC1. The zero-order valence-electron chi connectivity index (χ0n) is 12.7. The third-order valence-corrected chi connectivity index (χ3v) is 4.01. The predicted octanol–water partition coefficient (Wildman–Crippen LogP) is 2.91. The van der Waals surface area contributed by atoms with Crippen molar-refractivity contribution in [1.82, 2.24) is 10.2 Å². The Balaban J connectivity index is 2.01.